The number of rotatable bonds is 11. The van der Waals surface area contributed by atoms with E-state index >= 15 is 0 Å². The Labute approximate surface area is 358 Å². The van der Waals surface area contributed by atoms with E-state index in [1.165, 1.54) is 77.9 Å². The summed E-state index contributed by atoms with van der Waals surface area (Å²) in [4.78, 5) is 3.13. The lowest BCUT2D eigenvalue weighted by molar-refractivity contribution is 0.479. The van der Waals surface area contributed by atoms with Crippen LogP contribution in [0.3, 0.4) is 0 Å². The highest BCUT2D eigenvalue weighted by atomic mass is 32.2. The van der Waals surface area contributed by atoms with E-state index < -0.39 is 65.1 Å². The molecule has 1 aliphatic heterocycles. The number of benzene rings is 5. The van der Waals surface area contributed by atoms with Crippen LogP contribution < -0.4 is 20.1 Å². The second kappa shape index (κ2) is 15.7. The Bertz CT molecular complexity index is 3530. The van der Waals surface area contributed by atoms with E-state index in [4.69, 9.17) is 4.42 Å². The van der Waals surface area contributed by atoms with Crippen molar-refractivity contribution in [2.45, 2.75) is 56.2 Å². The van der Waals surface area contributed by atoms with Crippen molar-refractivity contribution < 1.29 is 60.2 Å². The monoisotopic (exact) mass is 948 g/mol. The zero-order chi connectivity index (χ0) is 46.2. The summed E-state index contributed by atoms with van der Waals surface area (Å²) < 4.78 is 167. The molecule has 0 unspecified atom stereocenters. The molecule has 0 fully saturated rings. The first-order valence-corrected chi connectivity index (χ1v) is 26.1. The number of hydrogen-bond donors (Lipinski definition) is 6. The lowest BCUT2D eigenvalue weighted by Gasteiger charge is -2.22. The first-order chi connectivity index (χ1) is 28.4. The van der Waals surface area contributed by atoms with Crippen LogP contribution in [-0.4, -0.2) is 68.3 Å². The molecule has 0 aromatic heterocycles. The van der Waals surface area contributed by atoms with Crippen LogP contribution in [0.25, 0.3) is 33.4 Å². The van der Waals surface area contributed by atoms with Crippen LogP contribution in [0.15, 0.2) is 84.8 Å². The fourth-order valence-corrected chi connectivity index (χ4v) is 11.7. The van der Waals surface area contributed by atoms with Crippen LogP contribution >= 0.6 is 0 Å². The second-order valence-corrected chi connectivity index (χ2v) is 22.3. The summed E-state index contributed by atoms with van der Waals surface area (Å²) in [7, 11) is -22.5. The normalized spacial score (nSPS) is 13.2. The maximum absolute atomic E-state index is 12.7. The molecule has 0 amide bonds. The van der Waals surface area contributed by atoms with Gasteiger partial charge in [0.25, 0.3) is 30.4 Å². The fraction of sp³-hybridized carbons (Fsp3) is 0.205. The molecule has 1 aliphatic carbocycles. The van der Waals surface area contributed by atoms with Crippen LogP contribution in [-0.2, 0) is 50.4 Å². The molecule has 0 spiro atoms. The van der Waals surface area contributed by atoms with Gasteiger partial charge in [0, 0.05) is 45.6 Å². The third kappa shape index (κ3) is 9.06. The van der Waals surface area contributed by atoms with E-state index in [0.29, 0.717) is 10.9 Å². The Morgan fingerprint density at radius 3 is 1.63 bits per heavy atom. The van der Waals surface area contributed by atoms with Crippen molar-refractivity contribution in [3.63, 3.8) is 0 Å². The minimum Gasteiger partial charge on any atom is -0.456 e. The maximum Gasteiger partial charge on any atom is 0.295 e. The summed E-state index contributed by atoms with van der Waals surface area (Å²) in [6.45, 7) is 8.52. The van der Waals surface area contributed by atoms with Crippen LogP contribution in [0.1, 0.15) is 33.4 Å². The molecule has 4 aromatic carbocycles. The third-order valence-electron chi connectivity index (χ3n) is 10.1. The Hall–Kier alpha value is -5.40. The summed E-state index contributed by atoms with van der Waals surface area (Å²) >= 11 is 0. The number of fused-ring (bicyclic) bond motifs is 2. The maximum atomic E-state index is 12.7. The zero-order valence-corrected chi connectivity index (χ0v) is 38.2. The Morgan fingerprint density at radius 1 is 0.548 bits per heavy atom. The van der Waals surface area contributed by atoms with Gasteiger partial charge in [-0.2, -0.15) is 25.3 Å². The van der Waals surface area contributed by atoms with Gasteiger partial charge in [-0.3, -0.25) is 23.1 Å². The largest absolute Gasteiger partial charge is 0.456 e. The molecule has 6 N–H and O–H groups in total. The molecule has 23 heteroatoms. The molecule has 0 bridgehead atoms. The summed E-state index contributed by atoms with van der Waals surface area (Å²) in [6, 6.07) is 14.8. The van der Waals surface area contributed by atoms with Crippen LogP contribution in [0.2, 0.25) is 0 Å². The second-order valence-electron chi connectivity index (χ2n) is 14.7. The number of hydrogen-bond acceptors (Lipinski definition) is 13. The zero-order valence-electron chi connectivity index (χ0n) is 34.1. The molecule has 0 atom stereocenters. The van der Waals surface area contributed by atoms with Gasteiger partial charge >= 0.3 is 0 Å². The van der Waals surface area contributed by atoms with E-state index in [0.717, 1.165) is 12.5 Å². The van der Waals surface area contributed by atoms with E-state index in [1.54, 1.807) is 24.3 Å². The third-order valence-corrected chi connectivity index (χ3v) is 14.4. The fourth-order valence-electron chi connectivity index (χ4n) is 7.67. The van der Waals surface area contributed by atoms with Gasteiger partial charge in [-0.05, 0) is 105 Å². The van der Waals surface area contributed by atoms with E-state index in [2.05, 4.69) is 19.8 Å². The predicted molar refractivity (Wildman–Crippen MR) is 234 cm³/mol. The molecule has 0 radical (unpaired) electrons. The van der Waals surface area contributed by atoms with Crippen molar-refractivity contribution >= 4 is 89.8 Å². The SMILES string of the molecule is Cc1c(N=c2ccc3c(-c4ccccc4S(=O)(=O)O)c4ccc(Nc5c(C)c(NS(C)(=O)=O)c(C)c(S(=O)(=O)O)c5C)cc4oc-3c2)c(C)c(S(=O)(=O)O)c(C)c1NS(C)(=O)=O. The van der Waals surface area contributed by atoms with Gasteiger partial charge in [-0.15, -0.1) is 0 Å². The quantitative estimate of drug-likeness (QED) is 0.0596. The average Bonchev–Trinajstić information content (AvgIpc) is 3.12. The first-order valence-electron chi connectivity index (χ1n) is 18.0. The highest BCUT2D eigenvalue weighted by molar-refractivity contribution is 7.92. The van der Waals surface area contributed by atoms with Gasteiger partial charge in [0.1, 0.15) is 26.0 Å². The van der Waals surface area contributed by atoms with Crippen LogP contribution in [0.4, 0.5) is 28.4 Å². The first kappa shape index (κ1) is 46.1. The standard InChI is InChI=1S/C39H40N4O14S5/c1-19-34(21(3)38(61(51,52)53)23(5)36(19)42-58(7,44)45)40-25-13-15-27-30(17-25)57-31-18-26(14-16-28(31)33(27)29-11-9-10-12-32(29)60(48,49)50)41-35-20(2)37(43-59(8,46)47)24(6)39(22(35)4)62(54,55)56/h9-18,40,42-43H,1-8H3,(H,48,49,50)(H,51,52,53)(H,54,55,56). The van der Waals surface area contributed by atoms with Gasteiger partial charge in [-0.25, -0.2) is 21.8 Å². The Kier molecular flexibility index (Phi) is 11.7. The molecule has 330 valence electrons. The molecule has 6 rings (SSSR count). The van der Waals surface area contributed by atoms with Gasteiger partial charge in [0.15, 0.2) is 0 Å². The van der Waals surface area contributed by atoms with Gasteiger partial charge < -0.3 is 9.73 Å². The lowest BCUT2D eigenvalue weighted by atomic mass is 9.93. The molecule has 0 saturated carbocycles. The van der Waals surface area contributed by atoms with E-state index in [9.17, 15) is 55.7 Å². The van der Waals surface area contributed by atoms with Crippen LogP contribution in [0, 0.1) is 41.5 Å². The molecule has 0 saturated heterocycles. The highest BCUT2D eigenvalue weighted by Crippen LogP contribution is 2.45. The van der Waals surface area contributed by atoms with Crippen molar-refractivity contribution in [1.29, 1.82) is 0 Å². The smallest absolute Gasteiger partial charge is 0.295 e. The summed E-state index contributed by atoms with van der Waals surface area (Å²) in [6.07, 6.45) is 1.75. The topological polar surface area (TPSA) is 293 Å². The molecule has 62 heavy (non-hydrogen) atoms. The van der Waals surface area contributed by atoms with Gasteiger partial charge in [0.2, 0.25) is 20.0 Å². The summed E-state index contributed by atoms with van der Waals surface area (Å²) in [5.74, 6) is 0.0824. The van der Waals surface area contributed by atoms with Crippen molar-refractivity contribution in [2.75, 3.05) is 27.3 Å². The van der Waals surface area contributed by atoms with Crippen molar-refractivity contribution in [3.8, 4) is 22.5 Å². The molecule has 2 aliphatic rings. The average molecular weight is 949 g/mol. The molecule has 1 heterocycles. The number of sulfonamides is 2. The highest BCUT2D eigenvalue weighted by Gasteiger charge is 2.29. The molecular formula is C39H40N4O14S5. The number of nitrogens with one attached hydrogen (secondary N) is 3. The number of anilines is 4. The summed E-state index contributed by atoms with van der Waals surface area (Å²) in [5, 5.41) is 3.57. The van der Waals surface area contributed by atoms with Crippen molar-refractivity contribution in [3.05, 3.63) is 99.4 Å². The number of nitrogens with zero attached hydrogens (tertiary/aromatic N) is 1. The van der Waals surface area contributed by atoms with Gasteiger partial charge in [-0.1, -0.05) is 18.2 Å². The summed E-state index contributed by atoms with van der Waals surface area (Å²) in [5.41, 5.74) is 1.38. The molecular weight excluding hydrogens is 909 g/mol. The Morgan fingerprint density at radius 2 is 1.08 bits per heavy atom. The lowest BCUT2D eigenvalue weighted by Crippen LogP contribution is -2.16. The Balaban J connectivity index is 1.68. The van der Waals surface area contributed by atoms with Gasteiger partial charge in [0.05, 0.1) is 34.9 Å². The van der Waals surface area contributed by atoms with Crippen LogP contribution in [0.5, 0.6) is 0 Å². The van der Waals surface area contributed by atoms with Crippen molar-refractivity contribution in [2.24, 2.45) is 4.99 Å². The molecule has 18 nitrogen and oxygen atoms in total. The predicted octanol–water partition coefficient (Wildman–Crippen LogP) is 6.51. The minimum atomic E-state index is -4.90. The van der Waals surface area contributed by atoms with Crippen molar-refractivity contribution in [1.82, 2.24) is 0 Å². The minimum absolute atomic E-state index is 0.00391. The van der Waals surface area contributed by atoms with E-state index in [1.807, 2.05) is 0 Å². The molecule has 4 aromatic rings. The van der Waals surface area contributed by atoms with E-state index in [-0.39, 0.29) is 89.6 Å².